The molecule has 1 aliphatic heterocycles. The Morgan fingerprint density at radius 2 is 2.00 bits per heavy atom. The van der Waals surface area contributed by atoms with Crippen LogP contribution >= 0.6 is 0 Å². The van der Waals surface area contributed by atoms with Crippen molar-refractivity contribution in [3.63, 3.8) is 0 Å². The van der Waals surface area contributed by atoms with Gasteiger partial charge in [0.2, 0.25) is 5.88 Å². The lowest BCUT2D eigenvalue weighted by Gasteiger charge is -2.27. The SMILES string of the molecule is COc1nc(C2=NN(c3ccc(C#N)c(C)n3)[C@@H](C3CCCC3)C2)ccc1C(N)=O. The number of ether oxygens (including phenoxy) is 1. The van der Waals surface area contributed by atoms with E-state index < -0.39 is 5.91 Å². The Bertz CT molecular complexity index is 1050. The summed E-state index contributed by atoms with van der Waals surface area (Å²) in [4.78, 5) is 20.7. The summed E-state index contributed by atoms with van der Waals surface area (Å²) < 4.78 is 5.26. The predicted molar refractivity (Wildman–Crippen MR) is 112 cm³/mol. The average Bonchev–Trinajstić information content (AvgIpc) is 3.43. The Morgan fingerprint density at radius 3 is 2.63 bits per heavy atom. The molecule has 30 heavy (non-hydrogen) atoms. The normalized spacial score (nSPS) is 18.9. The van der Waals surface area contributed by atoms with Gasteiger partial charge >= 0.3 is 0 Å². The maximum Gasteiger partial charge on any atom is 0.254 e. The van der Waals surface area contributed by atoms with E-state index in [0.717, 1.165) is 30.8 Å². The van der Waals surface area contributed by atoms with Gasteiger partial charge in [-0.25, -0.2) is 15.0 Å². The molecule has 4 rings (SSSR count). The second-order valence-corrected chi connectivity index (χ2v) is 7.74. The van der Waals surface area contributed by atoms with Crippen LogP contribution in [0.2, 0.25) is 0 Å². The van der Waals surface area contributed by atoms with Crippen molar-refractivity contribution in [3.8, 4) is 11.9 Å². The van der Waals surface area contributed by atoms with E-state index in [4.69, 9.17) is 15.6 Å². The van der Waals surface area contributed by atoms with Crippen LogP contribution in [0.1, 0.15) is 59.4 Å². The van der Waals surface area contributed by atoms with E-state index in [9.17, 15) is 10.1 Å². The average molecular weight is 404 g/mol. The zero-order valence-electron chi connectivity index (χ0n) is 17.1. The summed E-state index contributed by atoms with van der Waals surface area (Å²) in [6.45, 7) is 1.84. The number of hydrogen-bond donors (Lipinski definition) is 1. The van der Waals surface area contributed by atoms with Crippen molar-refractivity contribution in [3.05, 3.63) is 46.8 Å². The number of hydrazone groups is 1. The summed E-state index contributed by atoms with van der Waals surface area (Å²) in [6, 6.07) is 9.38. The fourth-order valence-corrected chi connectivity index (χ4v) is 4.35. The third-order valence-corrected chi connectivity index (χ3v) is 5.93. The summed E-state index contributed by atoms with van der Waals surface area (Å²) in [5, 5.41) is 16.1. The highest BCUT2D eigenvalue weighted by molar-refractivity contribution is 6.03. The number of pyridine rings is 2. The predicted octanol–water partition coefficient (Wildman–Crippen LogP) is 2.94. The first-order chi connectivity index (χ1) is 14.5. The van der Waals surface area contributed by atoms with Gasteiger partial charge in [0.1, 0.15) is 17.5 Å². The van der Waals surface area contributed by atoms with Crippen LogP contribution in [0.4, 0.5) is 5.82 Å². The zero-order valence-corrected chi connectivity index (χ0v) is 17.1. The molecule has 0 unspecified atom stereocenters. The molecule has 8 nitrogen and oxygen atoms in total. The molecule has 2 aliphatic rings. The maximum atomic E-state index is 11.6. The van der Waals surface area contributed by atoms with Crippen molar-refractivity contribution in [2.75, 3.05) is 12.1 Å². The minimum absolute atomic E-state index is 0.186. The minimum Gasteiger partial charge on any atom is -0.480 e. The number of carbonyl (C=O) groups excluding carboxylic acids is 1. The molecule has 2 N–H and O–H groups in total. The lowest BCUT2D eigenvalue weighted by atomic mass is 9.93. The second-order valence-electron chi connectivity index (χ2n) is 7.74. The fraction of sp³-hybridized carbons (Fsp3) is 0.409. The van der Waals surface area contributed by atoms with Crippen LogP contribution in [0, 0.1) is 24.2 Å². The lowest BCUT2D eigenvalue weighted by Crippen LogP contribution is -2.33. The number of aryl methyl sites for hydroxylation is 1. The number of nitrogens with zero attached hydrogens (tertiary/aromatic N) is 5. The van der Waals surface area contributed by atoms with Crippen molar-refractivity contribution in [1.29, 1.82) is 5.26 Å². The highest BCUT2D eigenvalue weighted by Gasteiger charge is 2.37. The highest BCUT2D eigenvalue weighted by Crippen LogP contribution is 2.37. The molecule has 2 aromatic heterocycles. The highest BCUT2D eigenvalue weighted by atomic mass is 16.5. The lowest BCUT2D eigenvalue weighted by molar-refractivity contribution is 0.0996. The van der Waals surface area contributed by atoms with Crippen LogP contribution in [0.25, 0.3) is 0 Å². The number of nitriles is 1. The van der Waals surface area contributed by atoms with E-state index in [2.05, 4.69) is 16.0 Å². The second kappa shape index (κ2) is 8.11. The molecule has 8 heteroatoms. The van der Waals surface area contributed by atoms with Crippen LogP contribution in [-0.4, -0.2) is 34.7 Å². The van der Waals surface area contributed by atoms with Gasteiger partial charge in [0, 0.05) is 6.42 Å². The van der Waals surface area contributed by atoms with Crippen LogP contribution in [0.5, 0.6) is 5.88 Å². The van der Waals surface area contributed by atoms with E-state index in [1.807, 2.05) is 18.0 Å². The summed E-state index contributed by atoms with van der Waals surface area (Å²) in [5.74, 6) is 0.878. The number of methoxy groups -OCH3 is 1. The molecule has 3 heterocycles. The third kappa shape index (κ3) is 3.59. The van der Waals surface area contributed by atoms with E-state index in [-0.39, 0.29) is 17.5 Å². The molecule has 1 aliphatic carbocycles. The van der Waals surface area contributed by atoms with Gasteiger partial charge in [0.05, 0.1) is 35.8 Å². The molecular formula is C22H24N6O2. The van der Waals surface area contributed by atoms with Crippen molar-refractivity contribution in [1.82, 2.24) is 9.97 Å². The van der Waals surface area contributed by atoms with Crippen LogP contribution in [-0.2, 0) is 0 Å². The first-order valence-electron chi connectivity index (χ1n) is 10.1. The van der Waals surface area contributed by atoms with Gasteiger partial charge in [-0.05, 0) is 49.9 Å². The molecule has 0 radical (unpaired) electrons. The third-order valence-electron chi connectivity index (χ3n) is 5.93. The van der Waals surface area contributed by atoms with E-state index in [0.29, 0.717) is 22.9 Å². The molecule has 0 bridgehead atoms. The number of aromatic nitrogens is 2. The van der Waals surface area contributed by atoms with Crippen molar-refractivity contribution in [2.45, 2.75) is 45.1 Å². The van der Waals surface area contributed by atoms with E-state index >= 15 is 0 Å². The fourth-order valence-electron chi connectivity index (χ4n) is 4.35. The minimum atomic E-state index is -0.582. The number of amides is 1. The Morgan fingerprint density at radius 1 is 1.23 bits per heavy atom. The number of rotatable bonds is 5. The van der Waals surface area contributed by atoms with Crippen LogP contribution < -0.4 is 15.5 Å². The quantitative estimate of drug-likeness (QED) is 0.819. The number of nitrogens with two attached hydrogens (primary N) is 1. The van der Waals surface area contributed by atoms with Gasteiger partial charge in [0.15, 0.2) is 0 Å². The first kappa shape index (κ1) is 19.8. The summed E-state index contributed by atoms with van der Waals surface area (Å²) >= 11 is 0. The standard InChI is InChI=1S/C22H24N6O2/c1-13-15(12-23)7-10-20(25-13)28-19(14-5-3-4-6-14)11-18(27-28)17-9-8-16(21(24)29)22(26-17)30-2/h7-10,14,19H,3-6,11H2,1-2H3,(H2,24,29)/t19-/m1/s1. The molecule has 154 valence electrons. The topological polar surface area (TPSA) is 117 Å². The van der Waals surface area contributed by atoms with Crippen LogP contribution in [0.3, 0.4) is 0 Å². The smallest absolute Gasteiger partial charge is 0.254 e. The zero-order chi connectivity index (χ0) is 21.3. The Balaban J connectivity index is 1.72. The number of anilines is 1. The van der Waals surface area contributed by atoms with Crippen molar-refractivity contribution in [2.24, 2.45) is 16.8 Å². The molecule has 1 fully saturated rings. The van der Waals surface area contributed by atoms with Crippen molar-refractivity contribution < 1.29 is 9.53 Å². The van der Waals surface area contributed by atoms with Gasteiger partial charge in [-0.15, -0.1) is 0 Å². The summed E-state index contributed by atoms with van der Waals surface area (Å²) in [6.07, 6.45) is 5.51. The Hall–Kier alpha value is -3.47. The molecule has 0 aromatic carbocycles. The molecule has 1 saturated carbocycles. The summed E-state index contributed by atoms with van der Waals surface area (Å²) in [7, 11) is 1.46. The number of primary amides is 1. The molecule has 1 atom stereocenters. The van der Waals surface area contributed by atoms with Crippen molar-refractivity contribution >= 4 is 17.4 Å². The Kier molecular flexibility index (Phi) is 5.36. The largest absolute Gasteiger partial charge is 0.480 e. The molecular weight excluding hydrogens is 380 g/mol. The molecule has 1 amide bonds. The molecule has 2 aromatic rings. The van der Waals surface area contributed by atoms with Gasteiger partial charge < -0.3 is 10.5 Å². The van der Waals surface area contributed by atoms with E-state index in [1.165, 1.54) is 20.0 Å². The van der Waals surface area contributed by atoms with Gasteiger partial charge in [-0.3, -0.25) is 4.79 Å². The van der Waals surface area contributed by atoms with Gasteiger partial charge in [-0.1, -0.05) is 12.8 Å². The monoisotopic (exact) mass is 404 g/mol. The van der Waals surface area contributed by atoms with Gasteiger partial charge in [0.25, 0.3) is 5.91 Å². The maximum absolute atomic E-state index is 11.6. The first-order valence-corrected chi connectivity index (χ1v) is 10.1. The van der Waals surface area contributed by atoms with E-state index in [1.54, 1.807) is 18.2 Å². The molecule has 0 saturated heterocycles. The van der Waals surface area contributed by atoms with Gasteiger partial charge in [-0.2, -0.15) is 10.4 Å². The summed E-state index contributed by atoms with van der Waals surface area (Å²) in [5.41, 5.74) is 8.39. The Labute approximate surface area is 175 Å². The number of carbonyl (C=O) groups is 1. The van der Waals surface area contributed by atoms with Crippen LogP contribution in [0.15, 0.2) is 29.4 Å². The molecule has 0 spiro atoms. The number of hydrogen-bond acceptors (Lipinski definition) is 7.